The zero-order valence-corrected chi connectivity index (χ0v) is 23.5. The maximum Gasteiger partial charge on any atom is 0.323 e. The second kappa shape index (κ2) is 12.6. The van der Waals surface area contributed by atoms with Crippen molar-refractivity contribution < 1.29 is 27.5 Å². The summed E-state index contributed by atoms with van der Waals surface area (Å²) < 4.78 is 61.0. The number of rotatable bonds is 8. The summed E-state index contributed by atoms with van der Waals surface area (Å²) in [6, 6.07) is 14.4. The van der Waals surface area contributed by atoms with E-state index in [1.807, 2.05) is 6.07 Å². The molecule has 2 N–H and O–H groups in total. The number of carbonyl (C=O) groups is 1. The first-order valence-electron chi connectivity index (χ1n) is 13.0. The first kappa shape index (κ1) is 30.3. The van der Waals surface area contributed by atoms with E-state index in [2.05, 4.69) is 37.7 Å². The van der Waals surface area contributed by atoms with E-state index in [0.29, 0.717) is 21.4 Å². The Kier molecular flexibility index (Phi) is 8.66. The minimum atomic E-state index is -4.15. The summed E-state index contributed by atoms with van der Waals surface area (Å²) in [6.45, 7) is -0.687. The monoisotopic (exact) mass is 619 g/mol. The molecule has 9 nitrogen and oxygen atoms in total. The Morgan fingerprint density at radius 2 is 1.95 bits per heavy atom. The van der Waals surface area contributed by atoms with Crippen LogP contribution in [0, 0.1) is 23.2 Å². The van der Waals surface area contributed by atoms with Gasteiger partial charge in [0.25, 0.3) is 5.91 Å². The van der Waals surface area contributed by atoms with E-state index in [1.165, 1.54) is 6.07 Å². The molecule has 0 spiro atoms. The highest BCUT2D eigenvalue weighted by atomic mass is 32.1. The summed E-state index contributed by atoms with van der Waals surface area (Å²) in [6.07, 6.45) is 1.69. The topological polar surface area (TPSA) is 130 Å². The van der Waals surface area contributed by atoms with Gasteiger partial charge in [-0.1, -0.05) is 24.0 Å². The molecule has 4 aromatic rings. The Morgan fingerprint density at radius 1 is 1.11 bits per heavy atom. The van der Waals surface area contributed by atoms with E-state index in [4.69, 9.17) is 5.26 Å². The van der Waals surface area contributed by atoms with Crippen LogP contribution in [0.25, 0.3) is 0 Å². The minimum Gasteiger partial charge on any atom is -0.377 e. The van der Waals surface area contributed by atoms with E-state index in [-0.39, 0.29) is 24.4 Å². The number of halogens is 4. The van der Waals surface area contributed by atoms with Crippen LogP contribution in [0.4, 0.5) is 17.6 Å². The van der Waals surface area contributed by atoms with Crippen LogP contribution >= 0.6 is 11.3 Å². The quantitative estimate of drug-likeness (QED) is 0.216. The van der Waals surface area contributed by atoms with Gasteiger partial charge in [0, 0.05) is 36.4 Å². The van der Waals surface area contributed by atoms with Gasteiger partial charge in [0.2, 0.25) is 0 Å². The average molecular weight is 620 g/mol. The van der Waals surface area contributed by atoms with E-state index < -0.39 is 47.4 Å². The molecule has 44 heavy (non-hydrogen) atoms. The molecule has 1 aromatic carbocycles. The third-order valence-electron chi connectivity index (χ3n) is 6.74. The standard InChI is InChI=1S/C30H21F4N7O2S/c31-22-6-9-24(25(32)13-22)29(43,17-41-18-38-39-40-41)30(33,34)27-11-5-19(15-36-27)4-7-23-8-10-26(44-23)28(42)37-16-21-3-1-2-20(12-21)14-35/h1-3,5,8,10-13,15,18,43H,6,9,16-17H2,(H,37,42). The van der Waals surface area contributed by atoms with Gasteiger partial charge in [-0.05, 0) is 58.8 Å². The number of tetrazole rings is 1. The number of hydrogen-bond donors (Lipinski definition) is 2. The van der Waals surface area contributed by atoms with E-state index in [9.17, 15) is 18.7 Å². The molecule has 1 atom stereocenters. The first-order chi connectivity index (χ1) is 21.1. The van der Waals surface area contributed by atoms with Crippen molar-refractivity contribution in [1.82, 2.24) is 30.5 Å². The molecule has 5 rings (SSSR count). The van der Waals surface area contributed by atoms with E-state index >= 15 is 8.78 Å². The zero-order chi connectivity index (χ0) is 31.3. The molecule has 0 saturated heterocycles. The van der Waals surface area contributed by atoms with Gasteiger partial charge >= 0.3 is 5.92 Å². The lowest BCUT2D eigenvalue weighted by atomic mass is 9.80. The van der Waals surface area contributed by atoms with Crippen molar-refractivity contribution in [2.45, 2.75) is 37.5 Å². The number of nitriles is 1. The second-order valence-corrected chi connectivity index (χ2v) is 10.8. The number of aromatic nitrogens is 5. The maximum atomic E-state index is 15.9. The van der Waals surface area contributed by atoms with Crippen LogP contribution in [0.5, 0.6) is 0 Å². The van der Waals surface area contributed by atoms with Crippen molar-refractivity contribution in [3.05, 3.63) is 116 Å². The van der Waals surface area contributed by atoms with Crippen molar-refractivity contribution >= 4 is 17.2 Å². The van der Waals surface area contributed by atoms with Gasteiger partial charge in [0.1, 0.15) is 23.7 Å². The summed E-state index contributed by atoms with van der Waals surface area (Å²) >= 11 is 1.13. The number of thiophene rings is 1. The van der Waals surface area contributed by atoms with Crippen LogP contribution in [0.1, 0.15) is 49.8 Å². The van der Waals surface area contributed by atoms with Crippen LogP contribution in [-0.4, -0.2) is 41.8 Å². The molecule has 0 bridgehead atoms. The smallest absolute Gasteiger partial charge is 0.323 e. The second-order valence-electron chi connectivity index (χ2n) is 9.70. The molecule has 0 aliphatic heterocycles. The molecule has 1 amide bonds. The van der Waals surface area contributed by atoms with Gasteiger partial charge in [-0.15, -0.1) is 16.4 Å². The first-order valence-corrected chi connectivity index (χ1v) is 13.8. The van der Waals surface area contributed by atoms with Crippen molar-refractivity contribution in [3.63, 3.8) is 0 Å². The third-order valence-corrected chi connectivity index (χ3v) is 7.74. The summed E-state index contributed by atoms with van der Waals surface area (Å²) in [5, 5.41) is 33.3. The lowest BCUT2D eigenvalue weighted by Crippen LogP contribution is -2.52. The number of pyridine rings is 1. The Hall–Kier alpha value is -5.18. The van der Waals surface area contributed by atoms with Crippen molar-refractivity contribution in [3.8, 4) is 17.9 Å². The number of aliphatic hydroxyl groups is 1. The number of carbonyl (C=O) groups excluding carboxylic acids is 1. The fourth-order valence-electron chi connectivity index (χ4n) is 4.48. The maximum absolute atomic E-state index is 15.9. The van der Waals surface area contributed by atoms with E-state index in [0.717, 1.165) is 40.2 Å². The predicted molar refractivity (Wildman–Crippen MR) is 150 cm³/mol. The number of benzene rings is 1. The molecule has 1 unspecified atom stereocenters. The SMILES string of the molecule is N#Cc1cccc(CNC(=O)c2ccc(C#Cc3ccc(C(F)(F)C(O)(Cn4cnnn4)C4=C(F)C=C(F)CC4)nc3)s2)c1. The van der Waals surface area contributed by atoms with Crippen LogP contribution < -0.4 is 5.32 Å². The average Bonchev–Trinajstić information content (AvgIpc) is 3.71. The fraction of sp³-hybridized carbons (Fsp3) is 0.200. The van der Waals surface area contributed by atoms with Crippen LogP contribution in [0.2, 0.25) is 0 Å². The summed E-state index contributed by atoms with van der Waals surface area (Å²) in [5.74, 6) is -0.958. The van der Waals surface area contributed by atoms with Crippen LogP contribution in [0.3, 0.4) is 0 Å². The lowest BCUT2D eigenvalue weighted by Gasteiger charge is -2.38. The molecule has 222 valence electrons. The Balaban J connectivity index is 1.31. The third kappa shape index (κ3) is 6.41. The molecule has 0 saturated carbocycles. The highest BCUT2D eigenvalue weighted by molar-refractivity contribution is 7.14. The van der Waals surface area contributed by atoms with Gasteiger partial charge in [-0.3, -0.25) is 9.78 Å². The van der Waals surface area contributed by atoms with Gasteiger partial charge in [-0.2, -0.15) is 14.0 Å². The molecule has 0 fully saturated rings. The Morgan fingerprint density at radius 3 is 2.66 bits per heavy atom. The van der Waals surface area contributed by atoms with Crippen molar-refractivity contribution in [1.29, 1.82) is 5.26 Å². The van der Waals surface area contributed by atoms with Crippen molar-refractivity contribution in [2.75, 3.05) is 0 Å². The van der Waals surface area contributed by atoms with Crippen LogP contribution in [0.15, 0.2) is 84.4 Å². The number of nitrogens with zero attached hydrogens (tertiary/aromatic N) is 6. The van der Waals surface area contributed by atoms with Crippen LogP contribution in [-0.2, 0) is 19.0 Å². The Bertz CT molecular complexity index is 1850. The number of allylic oxidation sites excluding steroid dienone is 3. The molecule has 3 heterocycles. The summed E-state index contributed by atoms with van der Waals surface area (Å²) in [5.41, 5.74) is -3.21. The highest BCUT2D eigenvalue weighted by Crippen LogP contribution is 2.47. The molecular weight excluding hydrogens is 598 g/mol. The normalized spacial score (nSPS) is 14.6. The lowest BCUT2D eigenvalue weighted by molar-refractivity contribution is -0.180. The number of amides is 1. The minimum absolute atomic E-state index is 0.234. The highest BCUT2D eigenvalue weighted by Gasteiger charge is 2.58. The fourth-order valence-corrected chi connectivity index (χ4v) is 5.26. The number of nitrogens with one attached hydrogen (secondary N) is 1. The number of hydrogen-bond acceptors (Lipinski definition) is 8. The zero-order valence-electron chi connectivity index (χ0n) is 22.6. The molecule has 1 aliphatic carbocycles. The van der Waals surface area contributed by atoms with Gasteiger partial charge in [-0.25, -0.2) is 13.5 Å². The number of alkyl halides is 2. The molecular formula is C30H21F4N7O2S. The van der Waals surface area contributed by atoms with Crippen molar-refractivity contribution in [2.24, 2.45) is 0 Å². The summed E-state index contributed by atoms with van der Waals surface area (Å²) in [7, 11) is 0. The molecule has 14 heteroatoms. The predicted octanol–water partition coefficient (Wildman–Crippen LogP) is 4.72. The largest absolute Gasteiger partial charge is 0.377 e. The van der Waals surface area contributed by atoms with Gasteiger partial charge < -0.3 is 10.4 Å². The summed E-state index contributed by atoms with van der Waals surface area (Å²) in [4.78, 5) is 17.3. The van der Waals surface area contributed by atoms with Gasteiger partial charge in [0.15, 0.2) is 5.60 Å². The van der Waals surface area contributed by atoms with Gasteiger partial charge in [0.05, 0.1) is 27.9 Å². The van der Waals surface area contributed by atoms with E-state index in [1.54, 1.807) is 36.4 Å². The Labute approximate surface area is 252 Å². The molecule has 3 aromatic heterocycles. The molecule has 1 aliphatic rings. The molecule has 0 radical (unpaired) electrons.